The minimum atomic E-state index is -0.192. The summed E-state index contributed by atoms with van der Waals surface area (Å²) in [7, 11) is 0. The van der Waals surface area contributed by atoms with Crippen molar-refractivity contribution in [1.29, 1.82) is 0 Å². The number of benzene rings is 1. The predicted molar refractivity (Wildman–Crippen MR) is 92.0 cm³/mol. The van der Waals surface area contributed by atoms with Crippen LogP contribution in [0.25, 0.3) is 11.0 Å². The van der Waals surface area contributed by atoms with Gasteiger partial charge in [0.05, 0.1) is 19.1 Å². The van der Waals surface area contributed by atoms with Crippen molar-refractivity contribution in [3.05, 3.63) is 52.4 Å². The van der Waals surface area contributed by atoms with Gasteiger partial charge in [0.15, 0.2) is 11.3 Å². The molecule has 2 aromatic heterocycles. The van der Waals surface area contributed by atoms with Crippen LogP contribution in [-0.2, 0) is 11.2 Å². The van der Waals surface area contributed by atoms with Crippen LogP contribution in [0.1, 0.15) is 31.2 Å². The molecule has 120 valence electrons. The summed E-state index contributed by atoms with van der Waals surface area (Å²) in [6.45, 7) is 4.45. The lowest BCUT2D eigenvalue weighted by molar-refractivity contribution is -0.121. The topological polar surface area (TPSA) is 51.5 Å². The first-order valence-corrected chi connectivity index (χ1v) is 8.57. The number of hydrogen-bond donors (Lipinski definition) is 1. The molecule has 0 aliphatic rings. The van der Waals surface area contributed by atoms with Gasteiger partial charge >= 0.3 is 0 Å². The lowest BCUT2D eigenvalue weighted by Crippen LogP contribution is -2.27. The van der Waals surface area contributed by atoms with Crippen molar-refractivity contribution in [2.75, 3.05) is 6.61 Å². The molecule has 1 N–H and O–H groups in total. The smallest absolute Gasteiger partial charge is 0.225 e. The van der Waals surface area contributed by atoms with E-state index in [0.29, 0.717) is 13.0 Å². The van der Waals surface area contributed by atoms with E-state index in [0.717, 1.165) is 28.0 Å². The Balaban J connectivity index is 1.74. The highest BCUT2D eigenvalue weighted by molar-refractivity contribution is 7.08. The summed E-state index contributed by atoms with van der Waals surface area (Å²) in [5.41, 5.74) is 1.76. The number of carbonyl (C=O) groups excluding carboxylic acids is 1. The Morgan fingerprint density at radius 3 is 3.00 bits per heavy atom. The van der Waals surface area contributed by atoms with E-state index in [1.54, 1.807) is 11.3 Å². The van der Waals surface area contributed by atoms with E-state index < -0.39 is 0 Å². The van der Waals surface area contributed by atoms with Gasteiger partial charge < -0.3 is 14.5 Å². The lowest BCUT2D eigenvalue weighted by atomic mass is 10.2. The Kier molecular flexibility index (Phi) is 4.67. The number of amides is 1. The molecule has 5 heteroatoms. The fourth-order valence-electron chi connectivity index (χ4n) is 2.48. The zero-order valence-corrected chi connectivity index (χ0v) is 14.0. The lowest BCUT2D eigenvalue weighted by Gasteiger charge is -2.11. The van der Waals surface area contributed by atoms with Crippen LogP contribution in [0.15, 0.2) is 45.5 Å². The molecule has 3 rings (SSSR count). The van der Waals surface area contributed by atoms with Crippen molar-refractivity contribution in [3.63, 3.8) is 0 Å². The highest BCUT2D eigenvalue weighted by Crippen LogP contribution is 2.31. The molecule has 0 spiro atoms. The second-order valence-corrected chi connectivity index (χ2v) is 6.13. The average Bonchev–Trinajstić information content (AvgIpc) is 3.16. The second-order valence-electron chi connectivity index (χ2n) is 5.35. The van der Waals surface area contributed by atoms with Crippen molar-refractivity contribution in [2.45, 2.75) is 26.3 Å². The molecule has 0 unspecified atom stereocenters. The summed E-state index contributed by atoms with van der Waals surface area (Å²) < 4.78 is 11.5. The van der Waals surface area contributed by atoms with Gasteiger partial charge in [0.25, 0.3) is 0 Å². The molecule has 4 nitrogen and oxygen atoms in total. The number of rotatable bonds is 6. The Morgan fingerprint density at radius 2 is 2.26 bits per heavy atom. The van der Waals surface area contributed by atoms with Crippen molar-refractivity contribution in [2.24, 2.45) is 0 Å². The van der Waals surface area contributed by atoms with Crippen LogP contribution < -0.4 is 10.1 Å². The Labute approximate surface area is 139 Å². The minimum Gasteiger partial charge on any atom is -0.490 e. The zero-order chi connectivity index (χ0) is 16.2. The first-order valence-electron chi connectivity index (χ1n) is 7.63. The molecule has 1 aromatic carbocycles. The van der Waals surface area contributed by atoms with Crippen molar-refractivity contribution in [1.82, 2.24) is 5.32 Å². The number of thiophene rings is 1. The summed E-state index contributed by atoms with van der Waals surface area (Å²) in [5, 5.41) is 7.91. The Bertz CT molecular complexity index is 792. The molecule has 3 aromatic rings. The van der Waals surface area contributed by atoms with Crippen LogP contribution in [0.3, 0.4) is 0 Å². The molecular weight excluding hydrogens is 310 g/mol. The number of furan rings is 1. The van der Waals surface area contributed by atoms with Gasteiger partial charge in [0, 0.05) is 5.39 Å². The van der Waals surface area contributed by atoms with Gasteiger partial charge in [-0.25, -0.2) is 0 Å². The van der Waals surface area contributed by atoms with Crippen LogP contribution in [0.5, 0.6) is 5.75 Å². The van der Waals surface area contributed by atoms with Crippen LogP contribution >= 0.6 is 11.3 Å². The third-order valence-electron chi connectivity index (χ3n) is 3.58. The molecule has 0 aliphatic heterocycles. The van der Waals surface area contributed by atoms with E-state index in [1.807, 2.05) is 54.9 Å². The number of nitrogens with one attached hydrogen (secondary N) is 1. The number of fused-ring (bicyclic) bond motifs is 1. The summed E-state index contributed by atoms with van der Waals surface area (Å²) in [6.07, 6.45) is 0.387. The summed E-state index contributed by atoms with van der Waals surface area (Å²) in [6, 6.07) is 9.52. The summed E-state index contributed by atoms with van der Waals surface area (Å²) in [5.74, 6) is 1.44. The van der Waals surface area contributed by atoms with E-state index in [2.05, 4.69) is 5.32 Å². The molecule has 0 saturated heterocycles. The maximum atomic E-state index is 12.1. The van der Waals surface area contributed by atoms with E-state index in [4.69, 9.17) is 9.15 Å². The first-order chi connectivity index (χ1) is 11.2. The Morgan fingerprint density at radius 1 is 1.39 bits per heavy atom. The van der Waals surface area contributed by atoms with Crippen molar-refractivity contribution < 1.29 is 13.9 Å². The number of para-hydroxylation sites is 1. The molecular formula is C18H19NO3S. The molecule has 23 heavy (non-hydrogen) atoms. The van der Waals surface area contributed by atoms with Gasteiger partial charge in [0.2, 0.25) is 5.91 Å². The molecule has 0 radical (unpaired) electrons. The van der Waals surface area contributed by atoms with Crippen LogP contribution in [0.2, 0.25) is 0 Å². The van der Waals surface area contributed by atoms with E-state index in [1.165, 1.54) is 0 Å². The van der Waals surface area contributed by atoms with E-state index in [9.17, 15) is 4.79 Å². The predicted octanol–water partition coefficient (Wildman–Crippen LogP) is 4.31. The quantitative estimate of drug-likeness (QED) is 0.733. The van der Waals surface area contributed by atoms with Crippen LogP contribution in [-0.4, -0.2) is 12.5 Å². The fraction of sp³-hybridized carbons (Fsp3) is 0.278. The maximum Gasteiger partial charge on any atom is 0.225 e. The third-order valence-corrected chi connectivity index (χ3v) is 4.31. The first kappa shape index (κ1) is 15.6. The molecule has 2 heterocycles. The zero-order valence-electron chi connectivity index (χ0n) is 13.2. The standard InChI is InChI=1S/C18H19NO3S/c1-3-21-15-6-4-5-14-10-16(22-18(14)15)12(2)19-17(20)9-13-7-8-23-11-13/h4-8,10-12H,3,9H2,1-2H3,(H,19,20)/t12-/m0/s1. The van der Waals surface area contributed by atoms with E-state index in [-0.39, 0.29) is 11.9 Å². The number of ether oxygens (including phenoxy) is 1. The molecule has 1 atom stereocenters. The summed E-state index contributed by atoms with van der Waals surface area (Å²) >= 11 is 1.59. The Hall–Kier alpha value is -2.27. The third kappa shape index (κ3) is 3.56. The van der Waals surface area contributed by atoms with Gasteiger partial charge in [-0.1, -0.05) is 12.1 Å². The molecule has 0 bridgehead atoms. The second kappa shape index (κ2) is 6.87. The fourth-order valence-corrected chi connectivity index (χ4v) is 3.15. The van der Waals surface area contributed by atoms with Gasteiger partial charge in [-0.2, -0.15) is 11.3 Å². The molecule has 0 saturated carbocycles. The normalized spacial score (nSPS) is 12.3. The van der Waals surface area contributed by atoms with E-state index >= 15 is 0 Å². The van der Waals surface area contributed by atoms with Crippen molar-refractivity contribution >= 4 is 28.2 Å². The highest BCUT2D eigenvalue weighted by atomic mass is 32.1. The maximum absolute atomic E-state index is 12.1. The SMILES string of the molecule is CCOc1cccc2cc([C@H](C)NC(=O)Cc3ccsc3)oc12. The number of hydrogen-bond acceptors (Lipinski definition) is 4. The minimum absolute atomic E-state index is 0.0126. The largest absolute Gasteiger partial charge is 0.490 e. The summed E-state index contributed by atoms with van der Waals surface area (Å²) in [4.78, 5) is 12.1. The monoisotopic (exact) mass is 329 g/mol. The van der Waals surface area contributed by atoms with Crippen LogP contribution in [0, 0.1) is 0 Å². The highest BCUT2D eigenvalue weighted by Gasteiger charge is 2.16. The number of carbonyl (C=O) groups is 1. The average molecular weight is 329 g/mol. The van der Waals surface area contributed by atoms with Gasteiger partial charge in [-0.05, 0) is 48.4 Å². The molecule has 0 fully saturated rings. The van der Waals surface area contributed by atoms with Gasteiger partial charge in [0.1, 0.15) is 5.76 Å². The molecule has 0 aliphatic carbocycles. The van der Waals surface area contributed by atoms with Crippen LogP contribution in [0.4, 0.5) is 0 Å². The molecule has 1 amide bonds. The van der Waals surface area contributed by atoms with Gasteiger partial charge in [-0.3, -0.25) is 4.79 Å². The van der Waals surface area contributed by atoms with Crippen molar-refractivity contribution in [3.8, 4) is 5.75 Å². The van der Waals surface area contributed by atoms with Gasteiger partial charge in [-0.15, -0.1) is 0 Å².